The maximum absolute atomic E-state index is 12.3. The fraction of sp³-hybridized carbons (Fsp3) is 0.400. The Morgan fingerprint density at radius 3 is 2.88 bits per heavy atom. The van der Waals surface area contributed by atoms with E-state index in [0.717, 1.165) is 6.07 Å². The van der Waals surface area contributed by atoms with Crippen molar-refractivity contribution in [3.05, 3.63) is 33.3 Å². The summed E-state index contributed by atoms with van der Waals surface area (Å²) in [6.45, 7) is 0.462. The first-order valence-electron chi connectivity index (χ1n) is 7.64. The van der Waals surface area contributed by atoms with Crippen LogP contribution in [-0.2, 0) is 19.1 Å². The van der Waals surface area contributed by atoms with Gasteiger partial charge in [0, 0.05) is 24.2 Å². The zero-order chi connectivity index (χ0) is 19.3. The lowest BCUT2D eigenvalue weighted by Gasteiger charge is -2.33. The second kappa shape index (κ2) is 8.59. The molecule has 0 saturated carbocycles. The van der Waals surface area contributed by atoms with Crippen LogP contribution in [0.5, 0.6) is 0 Å². The highest BCUT2D eigenvalue weighted by atomic mass is 35.5. The van der Waals surface area contributed by atoms with Crippen LogP contribution in [0.25, 0.3) is 0 Å². The molecule has 1 fully saturated rings. The number of ether oxygens (including phenoxy) is 1. The van der Waals surface area contributed by atoms with Crippen LogP contribution in [0.2, 0.25) is 5.02 Å². The van der Waals surface area contributed by atoms with E-state index in [0.29, 0.717) is 13.1 Å². The quantitative estimate of drug-likeness (QED) is 0.416. The SMILES string of the molecule is COC(=O)C[C@@H]1C(=O)NCCN1CC(=O)Nc1ccc(Cl)cc1[N+](=O)[O-]. The maximum atomic E-state index is 12.3. The Balaban J connectivity index is 2.09. The molecule has 0 radical (unpaired) electrons. The third-order valence-corrected chi connectivity index (χ3v) is 4.04. The fourth-order valence-electron chi connectivity index (χ4n) is 2.55. The van der Waals surface area contributed by atoms with Gasteiger partial charge in [-0.25, -0.2) is 0 Å². The van der Waals surface area contributed by atoms with Crippen LogP contribution in [0, 0.1) is 10.1 Å². The average Bonchev–Trinajstić information content (AvgIpc) is 2.59. The molecule has 0 bridgehead atoms. The van der Waals surface area contributed by atoms with E-state index >= 15 is 0 Å². The van der Waals surface area contributed by atoms with E-state index in [4.69, 9.17) is 11.6 Å². The van der Waals surface area contributed by atoms with Gasteiger partial charge in [-0.05, 0) is 12.1 Å². The van der Waals surface area contributed by atoms with E-state index in [1.54, 1.807) is 0 Å². The van der Waals surface area contributed by atoms with Crippen molar-refractivity contribution in [2.24, 2.45) is 0 Å². The molecule has 10 nitrogen and oxygen atoms in total. The van der Waals surface area contributed by atoms with Crippen molar-refractivity contribution in [1.82, 2.24) is 10.2 Å². The largest absolute Gasteiger partial charge is 0.469 e. The average molecular weight is 385 g/mol. The molecule has 0 unspecified atom stereocenters. The van der Waals surface area contributed by atoms with E-state index in [9.17, 15) is 24.5 Å². The van der Waals surface area contributed by atoms with Crippen molar-refractivity contribution in [1.29, 1.82) is 0 Å². The predicted octanol–water partition coefficient (Wildman–Crippen LogP) is 0.550. The summed E-state index contributed by atoms with van der Waals surface area (Å²) in [6, 6.07) is 3.03. The molecule has 1 saturated heterocycles. The molecule has 140 valence electrons. The van der Waals surface area contributed by atoms with Crippen molar-refractivity contribution in [3.8, 4) is 0 Å². The lowest BCUT2D eigenvalue weighted by atomic mass is 10.1. The number of anilines is 1. The molecule has 1 aromatic rings. The van der Waals surface area contributed by atoms with Gasteiger partial charge in [0.25, 0.3) is 5.69 Å². The number of benzene rings is 1. The van der Waals surface area contributed by atoms with Gasteiger partial charge in [-0.2, -0.15) is 0 Å². The molecule has 2 rings (SSSR count). The number of piperazine rings is 1. The monoisotopic (exact) mass is 384 g/mol. The minimum Gasteiger partial charge on any atom is -0.469 e. The van der Waals surface area contributed by atoms with Crippen molar-refractivity contribution < 1.29 is 24.0 Å². The zero-order valence-corrected chi connectivity index (χ0v) is 14.6. The summed E-state index contributed by atoms with van der Waals surface area (Å²) in [5.41, 5.74) is -0.344. The third kappa shape index (κ3) is 4.90. The summed E-state index contributed by atoms with van der Waals surface area (Å²) in [4.78, 5) is 47.7. The first-order chi connectivity index (χ1) is 12.3. The molecule has 1 aliphatic heterocycles. The number of hydrogen-bond donors (Lipinski definition) is 2. The molecule has 1 heterocycles. The number of methoxy groups -OCH3 is 1. The Labute approximate surface area is 153 Å². The number of carbonyl (C=O) groups excluding carboxylic acids is 3. The van der Waals surface area contributed by atoms with Gasteiger partial charge in [-0.15, -0.1) is 0 Å². The first-order valence-corrected chi connectivity index (χ1v) is 8.02. The number of nitro benzene ring substituents is 1. The zero-order valence-electron chi connectivity index (χ0n) is 13.9. The van der Waals surface area contributed by atoms with Gasteiger partial charge >= 0.3 is 5.97 Å². The lowest BCUT2D eigenvalue weighted by Crippen LogP contribution is -2.57. The predicted molar refractivity (Wildman–Crippen MR) is 91.7 cm³/mol. The standard InChI is InChI=1S/C15H17ClN4O6/c1-26-14(22)7-12-15(23)17-4-5-19(12)8-13(21)18-10-3-2-9(16)6-11(10)20(24)25/h2-3,6,12H,4-5,7-8H2,1H3,(H,17,23)(H,18,21)/t12-/m1/s1. The first kappa shape index (κ1) is 19.6. The number of carbonyl (C=O) groups is 3. The van der Waals surface area contributed by atoms with Gasteiger partial charge in [0.15, 0.2) is 0 Å². The smallest absolute Gasteiger partial charge is 0.307 e. The van der Waals surface area contributed by atoms with E-state index < -0.39 is 22.8 Å². The summed E-state index contributed by atoms with van der Waals surface area (Å²) in [5.74, 6) is -1.52. The van der Waals surface area contributed by atoms with Crippen LogP contribution in [-0.4, -0.2) is 60.4 Å². The van der Waals surface area contributed by atoms with Gasteiger partial charge in [0.05, 0.1) is 25.0 Å². The third-order valence-electron chi connectivity index (χ3n) is 3.81. The van der Waals surface area contributed by atoms with Crippen molar-refractivity contribution in [3.63, 3.8) is 0 Å². The van der Waals surface area contributed by atoms with Crippen LogP contribution >= 0.6 is 11.6 Å². The summed E-state index contributed by atoms with van der Waals surface area (Å²) in [7, 11) is 1.21. The van der Waals surface area contributed by atoms with Crippen molar-refractivity contribution >= 4 is 40.8 Å². The van der Waals surface area contributed by atoms with Gasteiger partial charge < -0.3 is 15.4 Å². The van der Waals surface area contributed by atoms with Crippen LogP contribution in [0.15, 0.2) is 18.2 Å². The molecule has 0 aromatic heterocycles. The molecular formula is C15H17ClN4O6. The van der Waals surface area contributed by atoms with E-state index in [2.05, 4.69) is 15.4 Å². The van der Waals surface area contributed by atoms with Crippen LogP contribution in [0.3, 0.4) is 0 Å². The molecule has 1 aliphatic rings. The highest BCUT2D eigenvalue weighted by Crippen LogP contribution is 2.27. The number of hydrogen-bond acceptors (Lipinski definition) is 7. The van der Waals surface area contributed by atoms with Gasteiger partial charge in [-0.3, -0.25) is 29.4 Å². The Bertz CT molecular complexity index is 741. The van der Waals surface area contributed by atoms with Gasteiger partial charge in [-0.1, -0.05) is 11.6 Å². The molecule has 26 heavy (non-hydrogen) atoms. The molecule has 2 amide bonds. The molecule has 11 heteroatoms. The number of esters is 1. The van der Waals surface area contributed by atoms with Crippen LogP contribution in [0.4, 0.5) is 11.4 Å². The Morgan fingerprint density at radius 2 is 2.23 bits per heavy atom. The van der Waals surface area contributed by atoms with E-state index in [-0.39, 0.29) is 35.3 Å². The minimum atomic E-state index is -0.845. The fourth-order valence-corrected chi connectivity index (χ4v) is 2.72. The van der Waals surface area contributed by atoms with Gasteiger partial charge in [0.1, 0.15) is 11.7 Å². The highest BCUT2D eigenvalue weighted by Gasteiger charge is 2.33. The number of nitrogens with zero attached hydrogens (tertiary/aromatic N) is 2. The summed E-state index contributed by atoms with van der Waals surface area (Å²) < 4.78 is 4.57. The maximum Gasteiger partial charge on any atom is 0.307 e. The Hall–Kier alpha value is -2.72. The molecule has 2 N–H and O–H groups in total. The molecule has 1 atom stereocenters. The molecular weight excluding hydrogens is 368 g/mol. The van der Waals surface area contributed by atoms with Crippen LogP contribution in [0.1, 0.15) is 6.42 Å². The number of halogens is 1. The molecule has 1 aromatic carbocycles. The number of nitro groups is 1. The second-order valence-electron chi connectivity index (χ2n) is 5.52. The topological polar surface area (TPSA) is 131 Å². The Morgan fingerprint density at radius 1 is 1.50 bits per heavy atom. The molecule has 0 aliphatic carbocycles. The highest BCUT2D eigenvalue weighted by molar-refractivity contribution is 6.31. The van der Waals surface area contributed by atoms with Gasteiger partial charge in [0.2, 0.25) is 11.8 Å². The number of amides is 2. The minimum absolute atomic E-state index is 0.00428. The van der Waals surface area contributed by atoms with E-state index in [1.165, 1.54) is 24.1 Å². The van der Waals surface area contributed by atoms with Crippen LogP contribution < -0.4 is 10.6 Å². The summed E-state index contributed by atoms with van der Waals surface area (Å²) in [6.07, 6.45) is -0.198. The van der Waals surface area contributed by atoms with E-state index in [1.807, 2.05) is 0 Å². The normalized spacial score (nSPS) is 17.3. The summed E-state index contributed by atoms with van der Waals surface area (Å²) >= 11 is 5.74. The second-order valence-corrected chi connectivity index (χ2v) is 5.96. The number of nitrogens with one attached hydrogen (secondary N) is 2. The van der Waals surface area contributed by atoms with Crippen molar-refractivity contribution in [2.45, 2.75) is 12.5 Å². The lowest BCUT2D eigenvalue weighted by molar-refractivity contribution is -0.383. The molecule has 0 spiro atoms. The Kier molecular flexibility index (Phi) is 6.47. The number of rotatable bonds is 6. The summed E-state index contributed by atoms with van der Waals surface area (Å²) in [5, 5.41) is 16.3. The van der Waals surface area contributed by atoms with Crippen molar-refractivity contribution in [2.75, 3.05) is 32.1 Å².